The summed E-state index contributed by atoms with van der Waals surface area (Å²) in [6, 6.07) is 1.54. The van der Waals surface area contributed by atoms with E-state index in [1.54, 1.807) is 18.5 Å². The van der Waals surface area contributed by atoms with Gasteiger partial charge in [-0.1, -0.05) is 0 Å². The number of aromatic nitrogens is 1. The van der Waals surface area contributed by atoms with Crippen molar-refractivity contribution in [1.29, 1.82) is 0 Å². The second kappa shape index (κ2) is 5.03. The van der Waals surface area contributed by atoms with Crippen LogP contribution in [0.5, 0.6) is 0 Å². The summed E-state index contributed by atoms with van der Waals surface area (Å²) in [5.74, 6) is -1.30. The van der Waals surface area contributed by atoms with Gasteiger partial charge in [0.1, 0.15) is 0 Å². The number of nitrogens with zero attached hydrogens (tertiary/aromatic N) is 2. The Bertz CT molecular complexity index is 475. The molecule has 1 aromatic rings. The van der Waals surface area contributed by atoms with Crippen molar-refractivity contribution in [1.82, 2.24) is 9.88 Å². The van der Waals surface area contributed by atoms with Gasteiger partial charge >= 0.3 is 12.0 Å². The fourth-order valence-corrected chi connectivity index (χ4v) is 1.94. The number of aryl methyl sites for hydroxylation is 1. The Labute approximate surface area is 105 Å². The first-order valence-electron chi connectivity index (χ1n) is 5.77. The molecule has 2 heterocycles. The molecule has 1 aliphatic rings. The smallest absolute Gasteiger partial charge is 0.321 e. The third kappa shape index (κ3) is 2.58. The summed E-state index contributed by atoms with van der Waals surface area (Å²) in [4.78, 5) is 28.2. The molecule has 2 N–H and O–H groups in total. The second-order valence-corrected chi connectivity index (χ2v) is 4.39. The zero-order chi connectivity index (χ0) is 13.1. The van der Waals surface area contributed by atoms with Crippen LogP contribution in [0, 0.1) is 12.8 Å². The monoisotopic (exact) mass is 249 g/mol. The first kappa shape index (κ1) is 12.3. The molecule has 0 saturated carbocycles. The molecule has 6 heteroatoms. The van der Waals surface area contributed by atoms with E-state index in [0.29, 0.717) is 18.7 Å². The number of pyridine rings is 1. The highest BCUT2D eigenvalue weighted by atomic mass is 16.4. The van der Waals surface area contributed by atoms with E-state index >= 15 is 0 Å². The van der Waals surface area contributed by atoms with Crippen LogP contribution in [0.3, 0.4) is 0 Å². The van der Waals surface area contributed by atoms with Gasteiger partial charge in [-0.05, 0) is 25.0 Å². The Morgan fingerprint density at radius 2 is 2.33 bits per heavy atom. The normalized spacial score (nSPS) is 18.7. The van der Waals surface area contributed by atoms with Gasteiger partial charge in [-0.15, -0.1) is 0 Å². The predicted octanol–water partition coefficient (Wildman–Crippen LogP) is 1.33. The van der Waals surface area contributed by atoms with Gasteiger partial charge in [-0.2, -0.15) is 0 Å². The minimum absolute atomic E-state index is 0.264. The van der Waals surface area contributed by atoms with E-state index < -0.39 is 11.9 Å². The molecule has 2 rings (SSSR count). The van der Waals surface area contributed by atoms with Crippen molar-refractivity contribution in [2.45, 2.75) is 13.3 Å². The molecule has 2 amide bonds. The van der Waals surface area contributed by atoms with Gasteiger partial charge in [0.2, 0.25) is 0 Å². The maximum atomic E-state index is 11.9. The number of urea groups is 1. The Kier molecular flexibility index (Phi) is 3.45. The summed E-state index contributed by atoms with van der Waals surface area (Å²) < 4.78 is 0. The number of likely N-dealkylation sites (tertiary alicyclic amines) is 1. The fourth-order valence-electron chi connectivity index (χ4n) is 1.94. The van der Waals surface area contributed by atoms with Crippen molar-refractivity contribution < 1.29 is 14.7 Å². The lowest BCUT2D eigenvalue weighted by molar-refractivity contribution is -0.141. The highest BCUT2D eigenvalue weighted by Gasteiger charge is 2.30. The molecule has 0 aliphatic carbocycles. The van der Waals surface area contributed by atoms with Crippen LogP contribution in [0.15, 0.2) is 18.5 Å². The molecule has 0 spiro atoms. The van der Waals surface area contributed by atoms with Gasteiger partial charge in [0.15, 0.2) is 0 Å². The largest absolute Gasteiger partial charge is 0.481 e. The SMILES string of the molecule is Cc1ccncc1NC(=O)N1CCC(C(=O)O)C1. The molecule has 1 unspecified atom stereocenters. The van der Waals surface area contributed by atoms with Gasteiger partial charge in [-0.3, -0.25) is 9.78 Å². The molecule has 0 aromatic carbocycles. The van der Waals surface area contributed by atoms with Crippen molar-refractivity contribution in [3.05, 3.63) is 24.0 Å². The first-order chi connectivity index (χ1) is 8.58. The molecule has 1 fully saturated rings. The van der Waals surface area contributed by atoms with Gasteiger partial charge in [0.25, 0.3) is 0 Å². The van der Waals surface area contributed by atoms with Crippen molar-refractivity contribution in [3.63, 3.8) is 0 Å². The topological polar surface area (TPSA) is 82.5 Å². The molecule has 0 radical (unpaired) electrons. The van der Waals surface area contributed by atoms with Gasteiger partial charge in [-0.25, -0.2) is 4.79 Å². The Balaban J connectivity index is 1.98. The summed E-state index contributed by atoms with van der Waals surface area (Å²) in [6.07, 6.45) is 3.74. The summed E-state index contributed by atoms with van der Waals surface area (Å²) in [5.41, 5.74) is 1.58. The van der Waals surface area contributed by atoms with Crippen LogP contribution in [0.2, 0.25) is 0 Å². The molecular formula is C12H15N3O3. The van der Waals surface area contributed by atoms with E-state index in [1.165, 1.54) is 4.90 Å². The zero-order valence-corrected chi connectivity index (χ0v) is 10.1. The summed E-state index contributed by atoms with van der Waals surface area (Å²) in [5, 5.41) is 11.6. The number of carboxylic acid groups (broad SMARTS) is 1. The average Bonchev–Trinajstić information content (AvgIpc) is 2.81. The third-order valence-electron chi connectivity index (χ3n) is 3.11. The Hall–Kier alpha value is -2.11. The molecule has 6 nitrogen and oxygen atoms in total. The summed E-state index contributed by atoms with van der Waals surface area (Å²) in [7, 11) is 0. The lowest BCUT2D eigenvalue weighted by Gasteiger charge is -2.17. The zero-order valence-electron chi connectivity index (χ0n) is 10.1. The maximum absolute atomic E-state index is 11.9. The number of aliphatic carboxylic acids is 1. The van der Waals surface area contributed by atoms with Gasteiger partial charge < -0.3 is 15.3 Å². The van der Waals surface area contributed by atoms with Crippen LogP contribution in [-0.4, -0.2) is 40.1 Å². The highest BCUT2D eigenvalue weighted by molar-refractivity contribution is 5.90. The van der Waals surface area contributed by atoms with Gasteiger partial charge in [0, 0.05) is 19.3 Å². The van der Waals surface area contributed by atoms with E-state index in [0.717, 1.165) is 5.56 Å². The fraction of sp³-hybridized carbons (Fsp3) is 0.417. The van der Waals surface area contributed by atoms with Crippen molar-refractivity contribution >= 4 is 17.7 Å². The predicted molar refractivity (Wildman–Crippen MR) is 65.3 cm³/mol. The molecule has 0 bridgehead atoms. The number of hydrogen-bond acceptors (Lipinski definition) is 3. The van der Waals surface area contributed by atoms with E-state index in [-0.39, 0.29) is 12.6 Å². The van der Waals surface area contributed by atoms with Crippen LogP contribution in [0.4, 0.5) is 10.5 Å². The summed E-state index contributed by atoms with van der Waals surface area (Å²) in [6.45, 7) is 2.61. The third-order valence-corrected chi connectivity index (χ3v) is 3.11. The molecule has 96 valence electrons. The minimum Gasteiger partial charge on any atom is -0.481 e. The molecule has 1 aromatic heterocycles. The number of hydrogen-bond donors (Lipinski definition) is 2. The Morgan fingerprint density at radius 1 is 1.56 bits per heavy atom. The van der Waals surface area contributed by atoms with Crippen molar-refractivity contribution in [3.8, 4) is 0 Å². The van der Waals surface area contributed by atoms with Crippen LogP contribution in [0.25, 0.3) is 0 Å². The highest BCUT2D eigenvalue weighted by Crippen LogP contribution is 2.18. The second-order valence-electron chi connectivity index (χ2n) is 4.39. The lowest BCUT2D eigenvalue weighted by atomic mass is 10.1. The first-order valence-corrected chi connectivity index (χ1v) is 5.77. The number of carbonyl (C=O) groups excluding carboxylic acids is 1. The Morgan fingerprint density at radius 3 is 2.94 bits per heavy atom. The van der Waals surface area contributed by atoms with Crippen molar-refractivity contribution in [2.75, 3.05) is 18.4 Å². The molecule has 1 aliphatic heterocycles. The van der Waals surface area contributed by atoms with Crippen LogP contribution in [-0.2, 0) is 4.79 Å². The minimum atomic E-state index is -0.845. The van der Waals surface area contributed by atoms with Crippen LogP contribution < -0.4 is 5.32 Å². The van der Waals surface area contributed by atoms with E-state index in [4.69, 9.17) is 5.11 Å². The quantitative estimate of drug-likeness (QED) is 0.828. The summed E-state index contributed by atoms with van der Waals surface area (Å²) >= 11 is 0. The lowest BCUT2D eigenvalue weighted by Crippen LogP contribution is -2.34. The van der Waals surface area contributed by atoms with E-state index in [2.05, 4.69) is 10.3 Å². The molecule has 1 atom stereocenters. The molecule has 1 saturated heterocycles. The van der Waals surface area contributed by atoms with E-state index in [1.807, 2.05) is 6.92 Å². The molecule has 18 heavy (non-hydrogen) atoms. The number of anilines is 1. The number of carboxylic acids is 1. The van der Waals surface area contributed by atoms with Crippen molar-refractivity contribution in [2.24, 2.45) is 5.92 Å². The molecular weight excluding hydrogens is 234 g/mol. The average molecular weight is 249 g/mol. The van der Waals surface area contributed by atoms with Crippen LogP contribution in [0.1, 0.15) is 12.0 Å². The van der Waals surface area contributed by atoms with Crippen LogP contribution >= 0.6 is 0 Å². The number of amides is 2. The number of carbonyl (C=O) groups is 2. The van der Waals surface area contributed by atoms with Gasteiger partial charge in [0.05, 0.1) is 17.8 Å². The number of nitrogens with one attached hydrogen (secondary N) is 1. The van der Waals surface area contributed by atoms with E-state index in [9.17, 15) is 9.59 Å². The maximum Gasteiger partial charge on any atom is 0.321 e. The standard InChI is InChI=1S/C12H15N3O3/c1-8-2-4-13-6-10(8)14-12(18)15-5-3-9(7-15)11(16)17/h2,4,6,9H,3,5,7H2,1H3,(H,14,18)(H,16,17). The number of rotatable bonds is 2.